The highest BCUT2D eigenvalue weighted by Crippen LogP contribution is 2.46. The first-order chi connectivity index (χ1) is 9.08. The van der Waals surface area contributed by atoms with Crippen molar-refractivity contribution < 1.29 is 28.8 Å². The van der Waals surface area contributed by atoms with Crippen LogP contribution in [-0.4, -0.2) is 39.5 Å². The lowest BCUT2D eigenvalue weighted by molar-refractivity contribution is -0.134. The van der Waals surface area contributed by atoms with Gasteiger partial charge in [-0.25, -0.2) is 4.79 Å². The quantitative estimate of drug-likeness (QED) is 0.646. The molecule has 0 heterocycles. The van der Waals surface area contributed by atoms with Crippen LogP contribution in [0.4, 0.5) is 0 Å². The topological polar surface area (TPSA) is 74.2 Å². The van der Waals surface area contributed by atoms with E-state index in [-0.39, 0.29) is 17.2 Å². The van der Waals surface area contributed by atoms with Crippen LogP contribution in [0.3, 0.4) is 0 Å². The Morgan fingerprint density at radius 2 is 1.74 bits per heavy atom. The minimum Gasteiger partial charge on any atom is -0.502 e. The Kier molecular flexibility index (Phi) is 5.05. The zero-order chi connectivity index (χ0) is 14.4. The van der Waals surface area contributed by atoms with Gasteiger partial charge < -0.3 is 24.1 Å². The summed E-state index contributed by atoms with van der Waals surface area (Å²) in [5.41, 5.74) is 0.461. The molecule has 0 fully saturated rings. The lowest BCUT2D eigenvalue weighted by Crippen LogP contribution is -1.97. The van der Waals surface area contributed by atoms with Crippen LogP contribution in [0.15, 0.2) is 12.1 Å². The molecule has 6 heteroatoms. The van der Waals surface area contributed by atoms with Crippen molar-refractivity contribution in [3.05, 3.63) is 17.7 Å². The Hall–Kier alpha value is -2.37. The molecule has 0 aromatic heterocycles. The van der Waals surface area contributed by atoms with Crippen LogP contribution in [0.1, 0.15) is 5.56 Å². The van der Waals surface area contributed by atoms with E-state index in [1.807, 2.05) is 0 Å². The summed E-state index contributed by atoms with van der Waals surface area (Å²) in [4.78, 5) is 11.1. The van der Waals surface area contributed by atoms with Crippen molar-refractivity contribution in [1.82, 2.24) is 0 Å². The summed E-state index contributed by atoms with van der Waals surface area (Å²) < 4.78 is 19.7. The molecular formula is C13H16O6. The first-order valence-corrected chi connectivity index (χ1v) is 5.37. The van der Waals surface area contributed by atoms with Gasteiger partial charge in [-0.1, -0.05) is 0 Å². The van der Waals surface area contributed by atoms with E-state index in [1.54, 1.807) is 6.07 Å². The second-order valence-electron chi connectivity index (χ2n) is 3.44. The smallest absolute Gasteiger partial charge is 0.330 e. The van der Waals surface area contributed by atoms with Crippen molar-refractivity contribution in [3.63, 3.8) is 0 Å². The summed E-state index contributed by atoms with van der Waals surface area (Å²) in [7, 11) is 5.52. The third kappa shape index (κ3) is 3.09. The van der Waals surface area contributed by atoms with Crippen molar-refractivity contribution in [2.75, 3.05) is 28.4 Å². The standard InChI is InChI=1S/C13H16O6/c1-16-9-7-8(5-6-10(14)17-2)12(18-3)11(15)13(9)19-4/h5-7,15H,1-4H3/b6-5-. The molecule has 0 radical (unpaired) electrons. The van der Waals surface area contributed by atoms with Crippen LogP contribution in [0, 0.1) is 0 Å². The van der Waals surface area contributed by atoms with Gasteiger partial charge in [0.15, 0.2) is 11.5 Å². The van der Waals surface area contributed by atoms with Crippen molar-refractivity contribution in [1.29, 1.82) is 0 Å². The van der Waals surface area contributed by atoms with Gasteiger partial charge in [0.05, 0.1) is 28.4 Å². The van der Waals surface area contributed by atoms with Crippen LogP contribution in [0.2, 0.25) is 0 Å². The van der Waals surface area contributed by atoms with Gasteiger partial charge in [0.1, 0.15) is 0 Å². The molecule has 104 valence electrons. The van der Waals surface area contributed by atoms with Gasteiger partial charge in [0.2, 0.25) is 11.5 Å². The fourth-order valence-electron chi connectivity index (χ4n) is 1.54. The van der Waals surface area contributed by atoms with E-state index in [2.05, 4.69) is 4.74 Å². The van der Waals surface area contributed by atoms with E-state index >= 15 is 0 Å². The number of phenols is 1. The van der Waals surface area contributed by atoms with Gasteiger partial charge in [-0.3, -0.25) is 0 Å². The minimum atomic E-state index is -0.517. The Morgan fingerprint density at radius 1 is 1.11 bits per heavy atom. The highest BCUT2D eigenvalue weighted by Gasteiger charge is 2.18. The average Bonchev–Trinajstić information content (AvgIpc) is 2.43. The zero-order valence-electron chi connectivity index (χ0n) is 11.2. The Morgan fingerprint density at radius 3 is 2.21 bits per heavy atom. The number of esters is 1. The second-order valence-corrected chi connectivity index (χ2v) is 3.44. The van der Waals surface area contributed by atoms with E-state index in [4.69, 9.17) is 14.2 Å². The van der Waals surface area contributed by atoms with Gasteiger partial charge in [0, 0.05) is 11.6 Å². The van der Waals surface area contributed by atoms with Gasteiger partial charge in [-0.05, 0) is 12.1 Å². The molecule has 0 atom stereocenters. The molecule has 0 saturated carbocycles. The van der Waals surface area contributed by atoms with Crippen LogP contribution < -0.4 is 14.2 Å². The fourth-order valence-corrected chi connectivity index (χ4v) is 1.54. The lowest BCUT2D eigenvalue weighted by Gasteiger charge is -2.14. The number of rotatable bonds is 5. The molecule has 1 rings (SSSR count). The second kappa shape index (κ2) is 6.53. The molecule has 0 aliphatic rings. The van der Waals surface area contributed by atoms with Crippen LogP contribution in [-0.2, 0) is 9.53 Å². The molecule has 0 aliphatic carbocycles. The predicted octanol–water partition coefficient (Wildman–Crippen LogP) is 1.60. The zero-order valence-corrected chi connectivity index (χ0v) is 11.2. The highest BCUT2D eigenvalue weighted by molar-refractivity contribution is 5.88. The molecule has 19 heavy (non-hydrogen) atoms. The molecule has 0 spiro atoms. The maximum absolute atomic E-state index is 11.1. The summed E-state index contributed by atoms with van der Waals surface area (Å²) in [6.45, 7) is 0. The summed E-state index contributed by atoms with van der Waals surface area (Å²) >= 11 is 0. The van der Waals surface area contributed by atoms with E-state index in [9.17, 15) is 9.90 Å². The van der Waals surface area contributed by atoms with Crippen molar-refractivity contribution in [2.24, 2.45) is 0 Å². The largest absolute Gasteiger partial charge is 0.502 e. The number of methoxy groups -OCH3 is 4. The lowest BCUT2D eigenvalue weighted by atomic mass is 10.1. The molecule has 1 aromatic carbocycles. The van der Waals surface area contributed by atoms with Crippen molar-refractivity contribution >= 4 is 12.0 Å². The van der Waals surface area contributed by atoms with E-state index in [0.717, 1.165) is 0 Å². The van der Waals surface area contributed by atoms with Crippen LogP contribution >= 0.6 is 0 Å². The molecule has 6 nitrogen and oxygen atoms in total. The number of benzene rings is 1. The Balaban J connectivity index is 3.34. The number of phenolic OH excluding ortho intramolecular Hbond substituents is 1. The third-order valence-corrected chi connectivity index (χ3v) is 2.43. The monoisotopic (exact) mass is 268 g/mol. The molecule has 0 aliphatic heterocycles. The number of aromatic hydroxyl groups is 1. The fraction of sp³-hybridized carbons (Fsp3) is 0.308. The van der Waals surface area contributed by atoms with Crippen molar-refractivity contribution in [2.45, 2.75) is 0 Å². The maximum atomic E-state index is 11.1. The number of carbonyl (C=O) groups is 1. The first kappa shape index (κ1) is 14.7. The molecule has 1 aromatic rings. The van der Waals surface area contributed by atoms with Gasteiger partial charge in [-0.15, -0.1) is 0 Å². The van der Waals surface area contributed by atoms with Crippen molar-refractivity contribution in [3.8, 4) is 23.0 Å². The maximum Gasteiger partial charge on any atom is 0.330 e. The predicted molar refractivity (Wildman–Crippen MR) is 68.8 cm³/mol. The van der Waals surface area contributed by atoms with Gasteiger partial charge in [0.25, 0.3) is 0 Å². The Labute approximate surface area is 111 Å². The molecular weight excluding hydrogens is 252 g/mol. The minimum absolute atomic E-state index is 0.162. The Bertz CT molecular complexity index is 492. The third-order valence-electron chi connectivity index (χ3n) is 2.43. The van der Waals surface area contributed by atoms with E-state index < -0.39 is 5.97 Å². The summed E-state index contributed by atoms with van der Waals surface area (Å²) in [5, 5.41) is 10.0. The number of ether oxygens (including phenoxy) is 4. The summed E-state index contributed by atoms with van der Waals surface area (Å²) in [6.07, 6.45) is 2.66. The normalized spacial score (nSPS) is 10.3. The summed E-state index contributed by atoms with van der Waals surface area (Å²) in [6, 6.07) is 1.58. The average molecular weight is 268 g/mol. The van der Waals surface area contributed by atoms with Crippen LogP contribution in [0.25, 0.3) is 6.08 Å². The number of hydrogen-bond donors (Lipinski definition) is 1. The van der Waals surface area contributed by atoms with E-state index in [1.165, 1.54) is 40.6 Å². The molecule has 0 unspecified atom stereocenters. The number of carbonyl (C=O) groups excluding carboxylic acids is 1. The molecule has 0 amide bonds. The first-order valence-electron chi connectivity index (χ1n) is 5.37. The molecule has 1 N–H and O–H groups in total. The number of hydrogen-bond acceptors (Lipinski definition) is 6. The van der Waals surface area contributed by atoms with E-state index in [0.29, 0.717) is 11.3 Å². The van der Waals surface area contributed by atoms with Gasteiger partial charge in [-0.2, -0.15) is 0 Å². The SMILES string of the molecule is COC(=O)/C=C\c1cc(OC)c(OC)c(O)c1OC. The van der Waals surface area contributed by atoms with Gasteiger partial charge >= 0.3 is 5.97 Å². The van der Waals surface area contributed by atoms with Crippen LogP contribution in [0.5, 0.6) is 23.0 Å². The summed E-state index contributed by atoms with van der Waals surface area (Å²) in [5.74, 6) is -0.0529. The molecule has 0 saturated heterocycles. The highest BCUT2D eigenvalue weighted by atomic mass is 16.5. The molecule has 0 bridgehead atoms.